The molecular weight excluding hydrogens is 351 g/mol. The summed E-state index contributed by atoms with van der Waals surface area (Å²) < 4.78 is 16.1. The molecule has 3 aliphatic rings. The largest absolute Gasteiger partial charge is 0.494 e. The summed E-state index contributed by atoms with van der Waals surface area (Å²) in [7, 11) is 0. The van der Waals surface area contributed by atoms with E-state index in [1.807, 2.05) is 0 Å². The van der Waals surface area contributed by atoms with E-state index < -0.39 is 17.1 Å². The number of halogens is 1. The molecule has 140 valence electrons. The maximum atomic E-state index is 15.0. The van der Waals surface area contributed by atoms with Crippen LogP contribution >= 0.6 is 0 Å². The Morgan fingerprint density at radius 1 is 1.07 bits per heavy atom. The molecule has 6 nitrogen and oxygen atoms in total. The molecule has 27 heavy (non-hydrogen) atoms. The average Bonchev–Trinajstić information content (AvgIpc) is 3.36. The number of imide groups is 1. The van der Waals surface area contributed by atoms with Crippen LogP contribution in [0.25, 0.3) is 5.69 Å². The summed E-state index contributed by atoms with van der Waals surface area (Å²) in [5.74, 6) is -1.75. The summed E-state index contributed by atoms with van der Waals surface area (Å²) in [6.07, 6.45) is 4.22. The Labute approximate surface area is 154 Å². The number of carbonyl (C=O) groups excluding carboxylic acids is 2. The van der Waals surface area contributed by atoms with Gasteiger partial charge in [-0.1, -0.05) is 0 Å². The van der Waals surface area contributed by atoms with Crippen LogP contribution in [0.5, 0.6) is 11.8 Å². The summed E-state index contributed by atoms with van der Waals surface area (Å²) >= 11 is 0. The van der Waals surface area contributed by atoms with Crippen LogP contribution in [0.4, 0.5) is 10.1 Å². The van der Waals surface area contributed by atoms with Crippen molar-refractivity contribution in [3.63, 3.8) is 0 Å². The molecule has 2 amide bonds. The SMILES string of the molecule is CC(=O)N1C(=O)C2(CC2)c2cc(F)c(-n3c(O)c4c(c3O)CCCC4)cc21. The fourth-order valence-corrected chi connectivity index (χ4v) is 4.65. The molecule has 1 aliphatic heterocycles. The molecule has 7 heteroatoms. The lowest BCUT2D eigenvalue weighted by Gasteiger charge is -2.15. The van der Waals surface area contributed by atoms with Gasteiger partial charge in [-0.05, 0) is 56.2 Å². The predicted molar refractivity (Wildman–Crippen MR) is 94.8 cm³/mol. The van der Waals surface area contributed by atoms with Gasteiger partial charge in [0.15, 0.2) is 0 Å². The minimum Gasteiger partial charge on any atom is -0.494 e. The highest BCUT2D eigenvalue weighted by molar-refractivity contribution is 6.23. The number of aromatic hydroxyl groups is 2. The first-order valence-corrected chi connectivity index (χ1v) is 9.20. The summed E-state index contributed by atoms with van der Waals surface area (Å²) in [5, 5.41) is 21.2. The number of benzene rings is 1. The van der Waals surface area contributed by atoms with E-state index in [9.17, 15) is 19.8 Å². The number of amides is 2. The van der Waals surface area contributed by atoms with Crippen molar-refractivity contribution < 1.29 is 24.2 Å². The zero-order chi connectivity index (χ0) is 19.1. The van der Waals surface area contributed by atoms with Gasteiger partial charge in [0.05, 0.1) is 16.8 Å². The normalized spacial score (nSPS) is 19.3. The van der Waals surface area contributed by atoms with Crippen molar-refractivity contribution in [3.05, 3.63) is 34.6 Å². The van der Waals surface area contributed by atoms with Gasteiger partial charge in [0.1, 0.15) is 5.82 Å². The second kappa shape index (κ2) is 5.12. The number of anilines is 1. The molecule has 5 rings (SSSR count). The van der Waals surface area contributed by atoms with Gasteiger partial charge >= 0.3 is 0 Å². The Bertz CT molecular complexity index is 1010. The Kier molecular flexibility index (Phi) is 3.10. The molecule has 0 unspecified atom stereocenters. The molecule has 1 aromatic heterocycles. The standard InChI is InChI=1S/C20H19FN2O4/c1-10(24)22-15-9-16(14(21)8-13(15)20(6-7-20)19(22)27)23-17(25)11-4-2-3-5-12(11)18(23)26/h8-9,25-26H,2-7H2,1H3. The molecule has 0 bridgehead atoms. The van der Waals surface area contributed by atoms with Crippen LogP contribution in [0.15, 0.2) is 12.1 Å². The topological polar surface area (TPSA) is 82.8 Å². The zero-order valence-electron chi connectivity index (χ0n) is 14.9. The van der Waals surface area contributed by atoms with Crippen molar-refractivity contribution in [1.29, 1.82) is 0 Å². The molecule has 2 heterocycles. The highest BCUT2D eigenvalue weighted by Gasteiger charge is 2.60. The number of fused-ring (bicyclic) bond motifs is 3. The molecular formula is C20H19FN2O4. The Morgan fingerprint density at radius 2 is 1.67 bits per heavy atom. The quantitative estimate of drug-likeness (QED) is 0.809. The van der Waals surface area contributed by atoms with Crippen molar-refractivity contribution in [2.75, 3.05) is 4.90 Å². The fourth-order valence-electron chi connectivity index (χ4n) is 4.65. The lowest BCUT2D eigenvalue weighted by molar-refractivity contribution is -0.126. The van der Waals surface area contributed by atoms with E-state index in [0.29, 0.717) is 48.1 Å². The summed E-state index contributed by atoms with van der Waals surface area (Å²) in [4.78, 5) is 25.9. The summed E-state index contributed by atoms with van der Waals surface area (Å²) in [6, 6.07) is 2.66. The molecule has 0 atom stereocenters. The molecule has 2 aromatic rings. The maximum Gasteiger partial charge on any atom is 0.244 e. The number of nitrogens with zero attached hydrogens (tertiary/aromatic N) is 2. The molecule has 2 N–H and O–H groups in total. The predicted octanol–water partition coefficient (Wildman–Crippen LogP) is 2.83. The van der Waals surface area contributed by atoms with Gasteiger partial charge in [0.2, 0.25) is 23.6 Å². The number of hydrogen-bond donors (Lipinski definition) is 2. The van der Waals surface area contributed by atoms with Crippen LogP contribution in [0.1, 0.15) is 49.3 Å². The number of carbonyl (C=O) groups is 2. The number of rotatable bonds is 1. The van der Waals surface area contributed by atoms with Crippen LogP contribution in [-0.4, -0.2) is 26.6 Å². The minimum atomic E-state index is -0.791. The second-order valence-corrected chi connectivity index (χ2v) is 7.71. The molecule has 2 aliphatic carbocycles. The lowest BCUT2D eigenvalue weighted by Crippen LogP contribution is -2.35. The second-order valence-electron chi connectivity index (χ2n) is 7.71. The average molecular weight is 370 g/mol. The van der Waals surface area contributed by atoms with E-state index in [-0.39, 0.29) is 23.4 Å². The third kappa shape index (κ3) is 1.94. The highest BCUT2D eigenvalue weighted by atomic mass is 19.1. The van der Waals surface area contributed by atoms with Gasteiger partial charge in [0, 0.05) is 18.1 Å². The molecule has 0 radical (unpaired) electrons. The van der Waals surface area contributed by atoms with Crippen LogP contribution in [0.3, 0.4) is 0 Å². The monoisotopic (exact) mass is 370 g/mol. The fraction of sp³-hybridized carbons (Fsp3) is 0.400. The Morgan fingerprint density at radius 3 is 2.19 bits per heavy atom. The van der Waals surface area contributed by atoms with Crippen molar-refractivity contribution in [3.8, 4) is 17.4 Å². The van der Waals surface area contributed by atoms with E-state index in [0.717, 1.165) is 22.3 Å². The molecule has 1 fully saturated rings. The van der Waals surface area contributed by atoms with E-state index in [1.54, 1.807) is 0 Å². The van der Waals surface area contributed by atoms with Crippen LogP contribution in [0, 0.1) is 5.82 Å². The van der Waals surface area contributed by atoms with Crippen LogP contribution in [0.2, 0.25) is 0 Å². The van der Waals surface area contributed by atoms with E-state index in [4.69, 9.17) is 0 Å². The lowest BCUT2D eigenvalue weighted by atomic mass is 9.95. The molecule has 1 aromatic carbocycles. The maximum absolute atomic E-state index is 15.0. The van der Waals surface area contributed by atoms with E-state index >= 15 is 4.39 Å². The number of hydrogen-bond acceptors (Lipinski definition) is 4. The van der Waals surface area contributed by atoms with Gasteiger partial charge in [0.25, 0.3) is 0 Å². The van der Waals surface area contributed by atoms with Crippen molar-refractivity contribution >= 4 is 17.5 Å². The van der Waals surface area contributed by atoms with E-state index in [2.05, 4.69) is 0 Å². The smallest absolute Gasteiger partial charge is 0.244 e. The summed E-state index contributed by atoms with van der Waals surface area (Å²) in [6.45, 7) is 1.30. The number of aromatic nitrogens is 1. The third-order valence-electron chi connectivity index (χ3n) is 6.17. The van der Waals surface area contributed by atoms with Crippen LogP contribution < -0.4 is 4.90 Å². The van der Waals surface area contributed by atoms with Crippen molar-refractivity contribution in [2.24, 2.45) is 0 Å². The van der Waals surface area contributed by atoms with Crippen LogP contribution in [-0.2, 0) is 27.8 Å². The van der Waals surface area contributed by atoms with Gasteiger partial charge in [-0.2, -0.15) is 0 Å². The summed E-state index contributed by atoms with van der Waals surface area (Å²) in [5.41, 5.74) is 1.27. The molecule has 1 spiro atoms. The molecule has 1 saturated carbocycles. The first-order valence-electron chi connectivity index (χ1n) is 9.20. The Hall–Kier alpha value is -2.83. The van der Waals surface area contributed by atoms with Crippen molar-refractivity contribution in [2.45, 2.75) is 50.9 Å². The minimum absolute atomic E-state index is 0.0603. The van der Waals surface area contributed by atoms with Gasteiger partial charge in [-0.15, -0.1) is 0 Å². The van der Waals surface area contributed by atoms with Gasteiger partial charge in [-0.25, -0.2) is 13.9 Å². The van der Waals surface area contributed by atoms with Crippen molar-refractivity contribution in [1.82, 2.24) is 4.57 Å². The Balaban J connectivity index is 1.74. The van der Waals surface area contributed by atoms with E-state index in [1.165, 1.54) is 19.1 Å². The van der Waals surface area contributed by atoms with Gasteiger partial charge < -0.3 is 10.2 Å². The zero-order valence-corrected chi connectivity index (χ0v) is 14.9. The first-order chi connectivity index (χ1) is 12.9. The third-order valence-corrected chi connectivity index (χ3v) is 6.17. The van der Waals surface area contributed by atoms with Gasteiger partial charge in [-0.3, -0.25) is 9.59 Å². The molecule has 0 saturated heterocycles. The first kappa shape index (κ1) is 16.4. The highest BCUT2D eigenvalue weighted by Crippen LogP contribution is 2.58.